The summed E-state index contributed by atoms with van der Waals surface area (Å²) in [5.41, 5.74) is -1.72. The summed E-state index contributed by atoms with van der Waals surface area (Å²) >= 11 is 0. The first kappa shape index (κ1) is 16.7. The Morgan fingerprint density at radius 3 is 2.43 bits per heavy atom. The smallest absolute Gasteiger partial charge is 0.417 e. The van der Waals surface area contributed by atoms with Gasteiger partial charge in [0.2, 0.25) is 5.88 Å². The van der Waals surface area contributed by atoms with Crippen molar-refractivity contribution in [1.29, 1.82) is 5.26 Å². The van der Waals surface area contributed by atoms with Gasteiger partial charge in [-0.2, -0.15) is 18.4 Å². The minimum absolute atomic E-state index is 0.0389. The highest BCUT2D eigenvalue weighted by Gasteiger charge is 2.36. The van der Waals surface area contributed by atoms with Crippen molar-refractivity contribution in [2.45, 2.75) is 25.9 Å². The van der Waals surface area contributed by atoms with Gasteiger partial charge in [-0.25, -0.2) is 9.37 Å². The minimum atomic E-state index is -4.72. The van der Waals surface area contributed by atoms with Crippen LogP contribution in [0, 0.1) is 17.1 Å². The van der Waals surface area contributed by atoms with Gasteiger partial charge in [-0.1, -0.05) is 19.9 Å². The van der Waals surface area contributed by atoms with Crippen LogP contribution < -0.4 is 4.74 Å². The maximum atomic E-state index is 13.2. The Bertz CT molecular complexity index is 764. The summed E-state index contributed by atoms with van der Waals surface area (Å²) in [6.07, 6.45) is -4.72. The fourth-order valence-corrected chi connectivity index (χ4v) is 1.88. The SMILES string of the molecule is CC(C)c1cc(C(F)(F)F)c(C#N)c(Oc2cccc(F)c2)n1. The van der Waals surface area contributed by atoms with E-state index in [1.165, 1.54) is 18.2 Å². The second-order valence-electron chi connectivity index (χ2n) is 5.10. The lowest BCUT2D eigenvalue weighted by Crippen LogP contribution is -2.12. The summed E-state index contributed by atoms with van der Waals surface area (Å²) in [5.74, 6) is -1.45. The molecular formula is C16H12F4N2O. The van der Waals surface area contributed by atoms with Crippen LogP contribution in [0.3, 0.4) is 0 Å². The van der Waals surface area contributed by atoms with Crippen LogP contribution in [0.4, 0.5) is 17.6 Å². The Kier molecular flexibility index (Phi) is 4.55. The van der Waals surface area contributed by atoms with E-state index in [1.807, 2.05) is 0 Å². The van der Waals surface area contributed by atoms with E-state index < -0.39 is 29.0 Å². The number of aromatic nitrogens is 1. The first-order chi connectivity index (χ1) is 10.7. The maximum absolute atomic E-state index is 13.2. The number of rotatable bonds is 3. The van der Waals surface area contributed by atoms with Crippen LogP contribution in [-0.2, 0) is 6.18 Å². The zero-order valence-electron chi connectivity index (χ0n) is 12.3. The molecule has 2 aromatic rings. The number of benzene rings is 1. The molecule has 7 heteroatoms. The maximum Gasteiger partial charge on any atom is 0.417 e. The predicted octanol–water partition coefficient (Wildman–Crippen LogP) is 5.03. The summed E-state index contributed by atoms with van der Waals surface area (Å²) in [7, 11) is 0. The summed E-state index contributed by atoms with van der Waals surface area (Å²) in [6.45, 7) is 3.33. The number of nitriles is 1. The summed E-state index contributed by atoms with van der Waals surface area (Å²) < 4.78 is 57.9. The van der Waals surface area contributed by atoms with Crippen molar-refractivity contribution in [2.75, 3.05) is 0 Å². The molecule has 0 aliphatic carbocycles. The average molecular weight is 324 g/mol. The van der Waals surface area contributed by atoms with Crippen LogP contribution in [0.25, 0.3) is 0 Å². The molecule has 1 aromatic carbocycles. The lowest BCUT2D eigenvalue weighted by atomic mass is 10.0. The van der Waals surface area contributed by atoms with E-state index in [-0.39, 0.29) is 17.4 Å². The second-order valence-corrected chi connectivity index (χ2v) is 5.10. The molecule has 0 saturated carbocycles. The zero-order chi connectivity index (χ0) is 17.2. The first-order valence-corrected chi connectivity index (χ1v) is 6.68. The molecule has 0 fully saturated rings. The third-order valence-corrected chi connectivity index (χ3v) is 3.03. The highest BCUT2D eigenvalue weighted by Crippen LogP contribution is 2.38. The monoisotopic (exact) mass is 324 g/mol. The number of ether oxygens (including phenoxy) is 1. The standard InChI is InChI=1S/C16H12F4N2O/c1-9(2)14-7-13(16(18,19)20)12(8-21)15(22-14)23-11-5-3-4-10(17)6-11/h3-7,9H,1-2H3. The highest BCUT2D eigenvalue weighted by atomic mass is 19.4. The van der Waals surface area contributed by atoms with Gasteiger partial charge in [0, 0.05) is 11.8 Å². The third-order valence-electron chi connectivity index (χ3n) is 3.03. The zero-order valence-corrected chi connectivity index (χ0v) is 12.3. The van der Waals surface area contributed by atoms with Gasteiger partial charge < -0.3 is 4.74 Å². The largest absolute Gasteiger partial charge is 0.438 e. The van der Waals surface area contributed by atoms with E-state index in [2.05, 4.69) is 4.98 Å². The van der Waals surface area contributed by atoms with E-state index in [1.54, 1.807) is 13.8 Å². The number of hydrogen-bond donors (Lipinski definition) is 0. The van der Waals surface area contributed by atoms with Gasteiger partial charge in [0.1, 0.15) is 23.2 Å². The van der Waals surface area contributed by atoms with Crippen molar-refractivity contribution in [3.63, 3.8) is 0 Å². The molecule has 0 saturated heterocycles. The molecule has 0 unspecified atom stereocenters. The molecule has 1 aromatic heterocycles. The van der Waals surface area contributed by atoms with Crippen molar-refractivity contribution in [3.05, 3.63) is 53.0 Å². The van der Waals surface area contributed by atoms with Gasteiger partial charge in [0.25, 0.3) is 0 Å². The third kappa shape index (κ3) is 3.77. The summed E-state index contributed by atoms with van der Waals surface area (Å²) in [5, 5.41) is 9.08. The first-order valence-electron chi connectivity index (χ1n) is 6.68. The van der Waals surface area contributed by atoms with Crippen molar-refractivity contribution in [1.82, 2.24) is 4.98 Å². The number of hydrogen-bond acceptors (Lipinski definition) is 3. The van der Waals surface area contributed by atoms with E-state index in [0.717, 1.165) is 18.2 Å². The van der Waals surface area contributed by atoms with E-state index >= 15 is 0 Å². The molecule has 0 N–H and O–H groups in total. The van der Waals surface area contributed by atoms with Crippen molar-refractivity contribution < 1.29 is 22.3 Å². The number of alkyl halides is 3. The molecule has 0 spiro atoms. The Balaban J connectivity index is 2.61. The summed E-state index contributed by atoms with van der Waals surface area (Å²) in [6, 6.07) is 7.17. The van der Waals surface area contributed by atoms with Crippen LogP contribution in [0.1, 0.15) is 36.6 Å². The number of pyridine rings is 1. The van der Waals surface area contributed by atoms with Crippen molar-refractivity contribution in [3.8, 4) is 17.7 Å². The molecule has 0 aliphatic heterocycles. The molecule has 0 bridgehead atoms. The molecule has 120 valence electrons. The summed E-state index contributed by atoms with van der Waals surface area (Å²) in [4.78, 5) is 3.97. The van der Waals surface area contributed by atoms with Gasteiger partial charge in [-0.05, 0) is 24.1 Å². The second kappa shape index (κ2) is 6.24. The number of halogens is 4. The Labute approximate surface area is 130 Å². The molecule has 2 rings (SSSR count). The van der Waals surface area contributed by atoms with Crippen molar-refractivity contribution in [2.24, 2.45) is 0 Å². The fraction of sp³-hybridized carbons (Fsp3) is 0.250. The normalized spacial score (nSPS) is 11.4. The molecule has 3 nitrogen and oxygen atoms in total. The van der Waals surface area contributed by atoms with Gasteiger partial charge in [-0.15, -0.1) is 0 Å². The van der Waals surface area contributed by atoms with Crippen LogP contribution in [0.15, 0.2) is 30.3 Å². The van der Waals surface area contributed by atoms with Gasteiger partial charge in [0.15, 0.2) is 0 Å². The van der Waals surface area contributed by atoms with E-state index in [0.29, 0.717) is 0 Å². The van der Waals surface area contributed by atoms with Gasteiger partial charge >= 0.3 is 6.18 Å². The van der Waals surface area contributed by atoms with Crippen molar-refractivity contribution >= 4 is 0 Å². The van der Waals surface area contributed by atoms with E-state index in [9.17, 15) is 17.6 Å². The number of nitrogens with zero attached hydrogens (tertiary/aromatic N) is 2. The van der Waals surface area contributed by atoms with Crippen LogP contribution in [0.2, 0.25) is 0 Å². The quantitative estimate of drug-likeness (QED) is 0.744. The minimum Gasteiger partial charge on any atom is -0.438 e. The van der Waals surface area contributed by atoms with Crippen LogP contribution in [-0.4, -0.2) is 4.98 Å². The van der Waals surface area contributed by atoms with Gasteiger partial charge in [0.05, 0.1) is 5.56 Å². The molecule has 0 amide bonds. The lowest BCUT2D eigenvalue weighted by Gasteiger charge is -2.16. The average Bonchev–Trinajstić information content (AvgIpc) is 2.45. The topological polar surface area (TPSA) is 45.9 Å². The lowest BCUT2D eigenvalue weighted by molar-refractivity contribution is -0.138. The molecular weight excluding hydrogens is 312 g/mol. The molecule has 1 heterocycles. The van der Waals surface area contributed by atoms with Crippen LogP contribution >= 0.6 is 0 Å². The van der Waals surface area contributed by atoms with E-state index in [4.69, 9.17) is 10.00 Å². The van der Waals surface area contributed by atoms with Gasteiger partial charge in [-0.3, -0.25) is 0 Å². The molecule has 0 aliphatic rings. The Hall–Kier alpha value is -2.62. The fourth-order valence-electron chi connectivity index (χ4n) is 1.88. The Morgan fingerprint density at radius 1 is 1.22 bits per heavy atom. The molecule has 23 heavy (non-hydrogen) atoms. The predicted molar refractivity (Wildman–Crippen MR) is 74.5 cm³/mol. The molecule has 0 atom stereocenters. The highest BCUT2D eigenvalue weighted by molar-refractivity contribution is 5.49. The molecule has 0 radical (unpaired) electrons. The van der Waals surface area contributed by atoms with Crippen LogP contribution in [0.5, 0.6) is 11.6 Å². The Morgan fingerprint density at radius 2 is 1.91 bits per heavy atom.